The van der Waals surface area contributed by atoms with Crippen molar-refractivity contribution in [2.45, 2.75) is 26.4 Å². The third-order valence-electron chi connectivity index (χ3n) is 2.85. The van der Waals surface area contributed by atoms with Crippen molar-refractivity contribution >= 4 is 18.1 Å². The Morgan fingerprint density at radius 1 is 1.17 bits per heavy atom. The summed E-state index contributed by atoms with van der Waals surface area (Å²) in [5.74, 6) is -0.336. The minimum absolute atomic E-state index is 0.0705. The van der Waals surface area contributed by atoms with Gasteiger partial charge in [0.1, 0.15) is 5.60 Å². The minimum Gasteiger partial charge on any atom is -0.493 e. The number of aromatic carboxylic acids is 1. The van der Waals surface area contributed by atoms with E-state index in [2.05, 4.69) is 5.32 Å². The summed E-state index contributed by atoms with van der Waals surface area (Å²) < 4.78 is 15.4. The van der Waals surface area contributed by atoms with Crippen molar-refractivity contribution in [1.82, 2.24) is 5.32 Å². The zero-order valence-corrected chi connectivity index (χ0v) is 14.5. The van der Waals surface area contributed by atoms with Gasteiger partial charge < -0.3 is 24.6 Å². The Labute approximate surface area is 141 Å². The molecule has 0 radical (unpaired) electrons. The first kappa shape index (κ1) is 19.3. The van der Waals surface area contributed by atoms with Gasteiger partial charge in [-0.2, -0.15) is 0 Å². The molecular weight excluding hydrogens is 314 g/mol. The first-order chi connectivity index (χ1) is 11.2. The predicted molar refractivity (Wildman–Crippen MR) is 89.8 cm³/mol. The number of amides is 1. The van der Waals surface area contributed by atoms with Gasteiger partial charge in [0.05, 0.1) is 19.8 Å². The molecule has 0 heterocycles. The zero-order chi connectivity index (χ0) is 18.3. The topological polar surface area (TPSA) is 94.1 Å². The van der Waals surface area contributed by atoms with Crippen molar-refractivity contribution in [2.75, 3.05) is 20.8 Å². The molecule has 0 aliphatic heterocycles. The third kappa shape index (κ3) is 5.83. The molecule has 0 unspecified atom stereocenters. The number of alkyl carbamates (subject to hydrolysis) is 1. The lowest BCUT2D eigenvalue weighted by atomic mass is 10.1. The normalized spacial score (nSPS) is 11.2. The van der Waals surface area contributed by atoms with E-state index in [9.17, 15) is 14.7 Å². The number of benzene rings is 1. The Bertz CT molecular complexity index is 631. The minimum atomic E-state index is -1.09. The summed E-state index contributed by atoms with van der Waals surface area (Å²) in [7, 11) is 2.90. The second-order valence-electron chi connectivity index (χ2n) is 5.88. The smallest absolute Gasteiger partial charge is 0.407 e. The molecule has 0 aromatic heterocycles. The Morgan fingerprint density at radius 2 is 1.75 bits per heavy atom. The number of methoxy groups -OCH3 is 2. The second-order valence-corrected chi connectivity index (χ2v) is 5.88. The van der Waals surface area contributed by atoms with Gasteiger partial charge in [-0.25, -0.2) is 9.59 Å². The van der Waals surface area contributed by atoms with Crippen LogP contribution in [0, 0.1) is 0 Å². The second kappa shape index (κ2) is 8.24. The average molecular weight is 337 g/mol. The maximum absolute atomic E-state index is 11.5. The number of hydrogen-bond acceptors (Lipinski definition) is 5. The van der Waals surface area contributed by atoms with E-state index in [4.69, 9.17) is 14.2 Å². The number of carbonyl (C=O) groups excluding carboxylic acids is 1. The molecule has 0 saturated carbocycles. The van der Waals surface area contributed by atoms with Crippen LogP contribution < -0.4 is 14.8 Å². The lowest BCUT2D eigenvalue weighted by Crippen LogP contribution is -2.32. The highest BCUT2D eigenvalue weighted by molar-refractivity contribution is 5.93. The molecule has 0 saturated heterocycles. The van der Waals surface area contributed by atoms with Gasteiger partial charge in [-0.15, -0.1) is 0 Å². The first-order valence-corrected chi connectivity index (χ1v) is 7.30. The highest BCUT2D eigenvalue weighted by Gasteiger charge is 2.16. The van der Waals surface area contributed by atoms with E-state index >= 15 is 0 Å². The van der Waals surface area contributed by atoms with Gasteiger partial charge in [0.2, 0.25) is 0 Å². The average Bonchev–Trinajstić information content (AvgIpc) is 2.48. The number of nitrogens with one attached hydrogen (secondary N) is 1. The molecule has 1 aromatic rings. The van der Waals surface area contributed by atoms with Gasteiger partial charge in [0.15, 0.2) is 11.5 Å². The maximum atomic E-state index is 11.5. The molecule has 2 N–H and O–H groups in total. The van der Waals surface area contributed by atoms with E-state index < -0.39 is 17.7 Å². The van der Waals surface area contributed by atoms with Crippen molar-refractivity contribution in [1.29, 1.82) is 0 Å². The quantitative estimate of drug-likeness (QED) is 0.829. The molecule has 7 nitrogen and oxygen atoms in total. The highest BCUT2D eigenvalue weighted by Crippen LogP contribution is 2.31. The van der Waals surface area contributed by atoms with Crippen LogP contribution in [0.3, 0.4) is 0 Å². The van der Waals surface area contributed by atoms with Gasteiger partial charge in [-0.05, 0) is 38.5 Å². The molecule has 0 fully saturated rings. The molecule has 1 amide bonds. The molecular formula is C17H23NO6. The Kier molecular flexibility index (Phi) is 6.64. The van der Waals surface area contributed by atoms with Crippen LogP contribution in [0.5, 0.6) is 11.5 Å². The number of rotatable bonds is 6. The summed E-state index contributed by atoms with van der Waals surface area (Å²) in [6, 6.07) is 2.95. The van der Waals surface area contributed by atoms with E-state index in [0.717, 1.165) is 0 Å². The summed E-state index contributed by atoms with van der Waals surface area (Å²) in [5.41, 5.74) is -0.0690. The summed E-state index contributed by atoms with van der Waals surface area (Å²) >= 11 is 0. The Balaban J connectivity index is 2.86. The molecule has 0 spiro atoms. The number of hydrogen-bond donors (Lipinski definition) is 2. The fraction of sp³-hybridized carbons (Fsp3) is 0.412. The van der Waals surface area contributed by atoms with Crippen molar-refractivity contribution in [3.05, 3.63) is 29.3 Å². The van der Waals surface area contributed by atoms with Crippen LogP contribution in [0.2, 0.25) is 0 Å². The van der Waals surface area contributed by atoms with Crippen molar-refractivity contribution < 1.29 is 28.9 Å². The molecule has 132 valence electrons. The van der Waals surface area contributed by atoms with Crippen molar-refractivity contribution in [3.63, 3.8) is 0 Å². The summed E-state index contributed by atoms with van der Waals surface area (Å²) in [6.45, 7) is 5.50. The number of carboxylic acid groups (broad SMARTS) is 1. The van der Waals surface area contributed by atoms with Crippen LogP contribution in [-0.4, -0.2) is 43.5 Å². The number of ether oxygens (including phenoxy) is 3. The molecule has 24 heavy (non-hydrogen) atoms. The third-order valence-corrected chi connectivity index (χ3v) is 2.85. The van der Waals surface area contributed by atoms with Gasteiger partial charge >= 0.3 is 12.1 Å². The summed E-state index contributed by atoms with van der Waals surface area (Å²) in [4.78, 5) is 22.9. The molecule has 1 rings (SSSR count). The number of carbonyl (C=O) groups is 2. The molecule has 0 aliphatic rings. The van der Waals surface area contributed by atoms with E-state index in [1.165, 1.54) is 20.3 Å². The van der Waals surface area contributed by atoms with Crippen LogP contribution in [0.1, 0.15) is 36.7 Å². The highest BCUT2D eigenvalue weighted by atomic mass is 16.6. The van der Waals surface area contributed by atoms with Gasteiger partial charge in [-0.1, -0.05) is 12.2 Å². The molecule has 0 bridgehead atoms. The SMILES string of the molecule is COc1cc(C=CCNC(=O)OC(C)(C)C)c(C(=O)O)cc1OC. The predicted octanol–water partition coefficient (Wildman–Crippen LogP) is 2.94. The Morgan fingerprint density at radius 3 is 2.25 bits per heavy atom. The number of carboxylic acids is 1. The molecule has 0 aliphatic carbocycles. The first-order valence-electron chi connectivity index (χ1n) is 7.30. The van der Waals surface area contributed by atoms with Crippen LogP contribution in [0.25, 0.3) is 6.08 Å². The monoisotopic (exact) mass is 337 g/mol. The van der Waals surface area contributed by atoms with Crippen LogP contribution >= 0.6 is 0 Å². The lowest BCUT2D eigenvalue weighted by molar-refractivity contribution is 0.0533. The fourth-order valence-corrected chi connectivity index (χ4v) is 1.86. The van der Waals surface area contributed by atoms with E-state index in [-0.39, 0.29) is 12.1 Å². The van der Waals surface area contributed by atoms with E-state index in [0.29, 0.717) is 17.1 Å². The van der Waals surface area contributed by atoms with Gasteiger partial charge in [0, 0.05) is 6.54 Å². The van der Waals surface area contributed by atoms with Crippen molar-refractivity contribution in [2.24, 2.45) is 0 Å². The summed E-state index contributed by atoms with van der Waals surface area (Å²) in [5, 5.41) is 11.9. The van der Waals surface area contributed by atoms with Crippen molar-refractivity contribution in [3.8, 4) is 11.5 Å². The van der Waals surface area contributed by atoms with Crippen LogP contribution in [0.4, 0.5) is 4.79 Å². The fourth-order valence-electron chi connectivity index (χ4n) is 1.86. The van der Waals surface area contributed by atoms with Crippen LogP contribution in [-0.2, 0) is 4.74 Å². The Hall–Kier alpha value is -2.70. The molecule has 0 atom stereocenters. The summed E-state index contributed by atoms with van der Waals surface area (Å²) in [6.07, 6.45) is 2.67. The largest absolute Gasteiger partial charge is 0.493 e. The standard InChI is InChI=1S/C17H23NO6/c1-17(2,3)24-16(21)18-8-6-7-11-9-13(22-4)14(23-5)10-12(11)15(19)20/h6-7,9-10H,8H2,1-5H3,(H,18,21)(H,19,20). The lowest BCUT2D eigenvalue weighted by Gasteiger charge is -2.19. The van der Waals surface area contributed by atoms with Gasteiger partial charge in [0.25, 0.3) is 0 Å². The van der Waals surface area contributed by atoms with Crippen LogP contribution in [0.15, 0.2) is 18.2 Å². The molecule has 7 heteroatoms. The molecule has 1 aromatic carbocycles. The van der Waals surface area contributed by atoms with Gasteiger partial charge in [-0.3, -0.25) is 0 Å². The van der Waals surface area contributed by atoms with E-state index in [1.54, 1.807) is 39.0 Å². The maximum Gasteiger partial charge on any atom is 0.407 e. The van der Waals surface area contributed by atoms with E-state index in [1.807, 2.05) is 0 Å². The zero-order valence-electron chi connectivity index (χ0n) is 14.5.